The standard InChI is InChI=1S/C21H18N2O3/c1-24-18-10-5-9-15-17-13-16(14-7-3-2-4-8-14)22-23(17)21(26-20(15)18)19-11-6-12-25-19/h2-12,17,21H,13H2,1H3. The zero-order valence-electron chi connectivity index (χ0n) is 14.3. The van der Waals surface area contributed by atoms with Gasteiger partial charge in [0.2, 0.25) is 6.23 Å². The lowest BCUT2D eigenvalue weighted by Gasteiger charge is -2.37. The molecule has 0 bridgehead atoms. The van der Waals surface area contributed by atoms with Gasteiger partial charge in [0.25, 0.3) is 0 Å². The molecule has 5 rings (SSSR count). The molecular weight excluding hydrogens is 328 g/mol. The van der Waals surface area contributed by atoms with Crippen molar-refractivity contribution in [2.75, 3.05) is 7.11 Å². The van der Waals surface area contributed by atoms with Crippen molar-refractivity contribution in [2.24, 2.45) is 5.10 Å². The molecule has 26 heavy (non-hydrogen) atoms. The van der Waals surface area contributed by atoms with Gasteiger partial charge in [-0.3, -0.25) is 0 Å². The Labute approximate surface area is 151 Å². The minimum Gasteiger partial charge on any atom is -0.493 e. The molecular formula is C21H18N2O3. The van der Waals surface area contributed by atoms with Crippen LogP contribution in [0.5, 0.6) is 11.5 Å². The molecule has 2 unspecified atom stereocenters. The molecule has 2 aliphatic rings. The maximum atomic E-state index is 6.30. The Morgan fingerprint density at radius 3 is 2.69 bits per heavy atom. The second-order valence-corrected chi connectivity index (χ2v) is 6.38. The van der Waals surface area contributed by atoms with E-state index in [2.05, 4.69) is 18.2 Å². The Morgan fingerprint density at radius 2 is 1.92 bits per heavy atom. The van der Waals surface area contributed by atoms with Crippen molar-refractivity contribution in [3.05, 3.63) is 83.8 Å². The second-order valence-electron chi connectivity index (χ2n) is 6.38. The van der Waals surface area contributed by atoms with Crippen LogP contribution in [-0.2, 0) is 0 Å². The van der Waals surface area contributed by atoms with Crippen molar-refractivity contribution in [3.63, 3.8) is 0 Å². The molecule has 2 atom stereocenters. The van der Waals surface area contributed by atoms with Gasteiger partial charge in [-0.15, -0.1) is 0 Å². The van der Waals surface area contributed by atoms with E-state index in [-0.39, 0.29) is 6.04 Å². The summed E-state index contributed by atoms with van der Waals surface area (Å²) in [5, 5.41) is 6.90. The van der Waals surface area contributed by atoms with E-state index in [4.69, 9.17) is 19.0 Å². The zero-order chi connectivity index (χ0) is 17.5. The van der Waals surface area contributed by atoms with Crippen LogP contribution in [-0.4, -0.2) is 17.8 Å². The fourth-order valence-corrected chi connectivity index (χ4v) is 3.67. The molecule has 0 saturated heterocycles. The van der Waals surface area contributed by atoms with E-state index in [0.29, 0.717) is 0 Å². The Bertz CT molecular complexity index is 951. The van der Waals surface area contributed by atoms with Gasteiger partial charge >= 0.3 is 0 Å². The SMILES string of the molecule is COc1cccc2c1OC(c1ccco1)N1N=C(c3ccccc3)CC21. The lowest BCUT2D eigenvalue weighted by molar-refractivity contribution is -0.0342. The minimum absolute atomic E-state index is 0.0826. The molecule has 5 nitrogen and oxygen atoms in total. The van der Waals surface area contributed by atoms with E-state index in [1.54, 1.807) is 13.4 Å². The highest BCUT2D eigenvalue weighted by Crippen LogP contribution is 2.50. The summed E-state index contributed by atoms with van der Waals surface area (Å²) in [6, 6.07) is 20.1. The first kappa shape index (κ1) is 15.1. The van der Waals surface area contributed by atoms with Gasteiger partial charge in [0.05, 0.1) is 25.1 Å². The van der Waals surface area contributed by atoms with E-state index in [1.165, 1.54) is 0 Å². The summed E-state index contributed by atoms with van der Waals surface area (Å²) in [7, 11) is 1.66. The van der Waals surface area contributed by atoms with Crippen LogP contribution in [0, 0.1) is 0 Å². The smallest absolute Gasteiger partial charge is 0.246 e. The average molecular weight is 346 g/mol. The highest BCUT2D eigenvalue weighted by Gasteiger charge is 2.43. The number of furan rings is 1. The van der Waals surface area contributed by atoms with Gasteiger partial charge in [-0.25, -0.2) is 5.01 Å². The lowest BCUT2D eigenvalue weighted by atomic mass is 9.96. The monoisotopic (exact) mass is 346 g/mol. The summed E-state index contributed by atoms with van der Waals surface area (Å²) in [5.74, 6) is 2.22. The number of rotatable bonds is 3. The minimum atomic E-state index is -0.417. The van der Waals surface area contributed by atoms with Gasteiger partial charge in [-0.1, -0.05) is 42.5 Å². The van der Waals surface area contributed by atoms with Crippen LogP contribution in [0.15, 0.2) is 76.4 Å². The molecule has 130 valence electrons. The summed E-state index contributed by atoms with van der Waals surface area (Å²) in [6.45, 7) is 0. The molecule has 1 aromatic heterocycles. The van der Waals surface area contributed by atoms with Gasteiger partial charge in [0, 0.05) is 12.0 Å². The van der Waals surface area contributed by atoms with Gasteiger partial charge < -0.3 is 13.9 Å². The molecule has 2 aromatic carbocycles. The van der Waals surface area contributed by atoms with Crippen molar-refractivity contribution in [1.29, 1.82) is 0 Å². The van der Waals surface area contributed by atoms with Crippen molar-refractivity contribution < 1.29 is 13.9 Å². The fourth-order valence-electron chi connectivity index (χ4n) is 3.67. The maximum Gasteiger partial charge on any atom is 0.246 e. The third kappa shape index (κ3) is 2.28. The zero-order valence-corrected chi connectivity index (χ0v) is 14.3. The number of hydrazone groups is 1. The number of benzene rings is 2. The summed E-state index contributed by atoms with van der Waals surface area (Å²) >= 11 is 0. The normalized spacial score (nSPS) is 20.8. The molecule has 0 saturated carbocycles. The van der Waals surface area contributed by atoms with E-state index in [1.807, 2.05) is 47.5 Å². The summed E-state index contributed by atoms with van der Waals surface area (Å²) in [6.07, 6.45) is 2.05. The topological polar surface area (TPSA) is 47.2 Å². The molecule has 3 aromatic rings. The highest BCUT2D eigenvalue weighted by atomic mass is 16.5. The first-order chi connectivity index (χ1) is 12.8. The average Bonchev–Trinajstić information content (AvgIpc) is 3.37. The molecule has 0 amide bonds. The Morgan fingerprint density at radius 1 is 1.04 bits per heavy atom. The number of hydrogen-bond acceptors (Lipinski definition) is 5. The second kappa shape index (κ2) is 5.95. The summed E-state index contributed by atoms with van der Waals surface area (Å²) in [5.41, 5.74) is 3.26. The molecule has 5 heteroatoms. The van der Waals surface area contributed by atoms with E-state index in [0.717, 1.165) is 40.5 Å². The van der Waals surface area contributed by atoms with E-state index >= 15 is 0 Å². The van der Waals surface area contributed by atoms with Crippen LogP contribution in [0.2, 0.25) is 0 Å². The quantitative estimate of drug-likeness (QED) is 0.699. The van der Waals surface area contributed by atoms with Crippen LogP contribution in [0.25, 0.3) is 0 Å². The summed E-state index contributed by atoms with van der Waals surface area (Å²) in [4.78, 5) is 0. The maximum absolute atomic E-state index is 6.30. The first-order valence-corrected chi connectivity index (χ1v) is 8.63. The van der Waals surface area contributed by atoms with E-state index < -0.39 is 6.23 Å². The van der Waals surface area contributed by atoms with Crippen LogP contribution in [0.4, 0.5) is 0 Å². The molecule has 0 aliphatic carbocycles. The van der Waals surface area contributed by atoms with Crippen LogP contribution < -0.4 is 9.47 Å². The molecule has 3 heterocycles. The molecule has 0 spiro atoms. The number of nitrogens with zero attached hydrogens (tertiary/aromatic N) is 2. The third-order valence-corrected chi connectivity index (χ3v) is 4.89. The van der Waals surface area contributed by atoms with Crippen molar-refractivity contribution in [1.82, 2.24) is 5.01 Å². The van der Waals surface area contributed by atoms with Gasteiger partial charge in [-0.05, 0) is 23.8 Å². The van der Waals surface area contributed by atoms with Gasteiger partial charge in [0.1, 0.15) is 0 Å². The predicted molar refractivity (Wildman–Crippen MR) is 97.2 cm³/mol. The van der Waals surface area contributed by atoms with Crippen molar-refractivity contribution in [3.8, 4) is 11.5 Å². The van der Waals surface area contributed by atoms with Gasteiger partial charge in [-0.2, -0.15) is 5.10 Å². The number of ether oxygens (including phenoxy) is 2. The number of fused-ring (bicyclic) bond motifs is 3. The van der Waals surface area contributed by atoms with Crippen molar-refractivity contribution in [2.45, 2.75) is 18.7 Å². The summed E-state index contributed by atoms with van der Waals surface area (Å²) < 4.78 is 17.5. The fraction of sp³-hybridized carbons (Fsp3) is 0.190. The Kier molecular flexibility index (Phi) is 3.45. The third-order valence-electron chi connectivity index (χ3n) is 4.89. The van der Waals surface area contributed by atoms with Crippen LogP contribution in [0.3, 0.4) is 0 Å². The van der Waals surface area contributed by atoms with Gasteiger partial charge in [0.15, 0.2) is 17.3 Å². The van der Waals surface area contributed by atoms with E-state index in [9.17, 15) is 0 Å². The molecule has 2 aliphatic heterocycles. The molecule has 0 N–H and O–H groups in total. The predicted octanol–water partition coefficient (Wildman–Crippen LogP) is 4.53. The highest BCUT2D eigenvalue weighted by molar-refractivity contribution is 6.01. The first-order valence-electron chi connectivity index (χ1n) is 8.63. The largest absolute Gasteiger partial charge is 0.493 e. The molecule has 0 fully saturated rings. The lowest BCUT2D eigenvalue weighted by Crippen LogP contribution is -2.33. The van der Waals surface area contributed by atoms with Crippen LogP contribution in [0.1, 0.15) is 35.6 Å². The molecule has 0 radical (unpaired) electrons. The Balaban J connectivity index is 1.62. The number of methoxy groups -OCH3 is 1. The van der Waals surface area contributed by atoms with Crippen LogP contribution >= 0.6 is 0 Å². The van der Waals surface area contributed by atoms with Crippen molar-refractivity contribution >= 4 is 5.71 Å². The number of para-hydroxylation sites is 1. The number of hydrogen-bond donors (Lipinski definition) is 0. The Hall–Kier alpha value is -3.21.